The van der Waals surface area contributed by atoms with Crippen molar-refractivity contribution in [3.63, 3.8) is 0 Å². The summed E-state index contributed by atoms with van der Waals surface area (Å²) < 4.78 is 10.5. The van der Waals surface area contributed by atoms with Gasteiger partial charge in [-0.05, 0) is 40.6 Å². The lowest BCUT2D eigenvalue weighted by Gasteiger charge is -2.10. The molecule has 27 heavy (non-hydrogen) atoms. The number of rotatable bonds is 7. The summed E-state index contributed by atoms with van der Waals surface area (Å²) in [7, 11) is 0. The minimum Gasteiger partial charge on any atom is -0.464 e. The van der Waals surface area contributed by atoms with Crippen LogP contribution in [-0.2, 0) is 9.53 Å². The number of halogens is 1. The first-order valence-electron chi connectivity index (χ1n) is 7.70. The Morgan fingerprint density at radius 3 is 2.70 bits per heavy atom. The van der Waals surface area contributed by atoms with E-state index in [1.165, 1.54) is 18.7 Å². The van der Waals surface area contributed by atoms with Crippen LogP contribution in [0.3, 0.4) is 0 Å². The molecule has 0 aliphatic carbocycles. The Labute approximate surface area is 165 Å². The molecule has 0 spiro atoms. The van der Waals surface area contributed by atoms with E-state index < -0.39 is 10.9 Å². The molecule has 0 aliphatic heterocycles. The molecule has 2 aromatic carbocycles. The lowest BCUT2D eigenvalue weighted by Crippen LogP contribution is -2.13. The minimum absolute atomic E-state index is 0.0529. The van der Waals surface area contributed by atoms with E-state index in [9.17, 15) is 14.9 Å². The van der Waals surface area contributed by atoms with Gasteiger partial charge in [0.25, 0.3) is 0 Å². The van der Waals surface area contributed by atoms with Gasteiger partial charge < -0.3 is 10.1 Å². The van der Waals surface area contributed by atoms with Gasteiger partial charge in [-0.1, -0.05) is 27.7 Å². The third kappa shape index (κ3) is 4.55. The Kier molecular flexibility index (Phi) is 5.91. The number of hydrogen-bond acceptors (Lipinski definition) is 9. The maximum atomic E-state index is 11.5. The molecule has 0 fully saturated rings. The summed E-state index contributed by atoms with van der Waals surface area (Å²) in [5.41, 5.74) is 0.362. The van der Waals surface area contributed by atoms with Gasteiger partial charge in [0.2, 0.25) is 5.52 Å². The second kappa shape index (κ2) is 8.35. The van der Waals surface area contributed by atoms with E-state index in [2.05, 4.69) is 31.6 Å². The normalized spacial score (nSPS) is 10.7. The first-order valence-corrected chi connectivity index (χ1v) is 9.31. The van der Waals surface area contributed by atoms with Crippen molar-refractivity contribution in [2.24, 2.45) is 0 Å². The van der Waals surface area contributed by atoms with E-state index in [4.69, 9.17) is 9.37 Å². The highest BCUT2D eigenvalue weighted by Crippen LogP contribution is 2.40. The van der Waals surface area contributed by atoms with Crippen LogP contribution in [0.1, 0.15) is 6.92 Å². The summed E-state index contributed by atoms with van der Waals surface area (Å²) in [5.74, 6) is -0.422. The molecule has 1 aromatic heterocycles. The van der Waals surface area contributed by atoms with Crippen LogP contribution in [0.25, 0.3) is 11.0 Å². The molecule has 0 amide bonds. The molecule has 9 nitrogen and oxygen atoms in total. The number of nitro groups is 1. The summed E-state index contributed by atoms with van der Waals surface area (Å²) in [4.78, 5) is 23.4. The lowest BCUT2D eigenvalue weighted by molar-refractivity contribution is -0.382. The summed E-state index contributed by atoms with van der Waals surface area (Å²) in [6.07, 6.45) is 0. The first kappa shape index (κ1) is 19.1. The molecule has 1 heterocycles. The topological polar surface area (TPSA) is 120 Å². The molecule has 0 radical (unpaired) electrons. The molecule has 3 rings (SSSR count). The Hall–Kier alpha value is -2.66. The monoisotopic (exact) mass is 452 g/mol. The Morgan fingerprint density at radius 2 is 2.04 bits per heavy atom. The van der Waals surface area contributed by atoms with Gasteiger partial charge >= 0.3 is 11.7 Å². The van der Waals surface area contributed by atoms with Crippen LogP contribution in [0, 0.1) is 10.1 Å². The number of esters is 1. The highest BCUT2D eigenvalue weighted by Gasteiger charge is 2.26. The number of fused-ring (bicyclic) bond motifs is 1. The highest BCUT2D eigenvalue weighted by molar-refractivity contribution is 9.10. The molecule has 0 atom stereocenters. The third-order valence-electron chi connectivity index (χ3n) is 3.42. The van der Waals surface area contributed by atoms with Gasteiger partial charge in [-0.15, -0.1) is 0 Å². The molecule has 0 saturated carbocycles. The quantitative estimate of drug-likeness (QED) is 0.245. The zero-order valence-electron chi connectivity index (χ0n) is 14.0. The molecular weight excluding hydrogens is 440 g/mol. The largest absolute Gasteiger partial charge is 0.464 e. The molecule has 140 valence electrons. The number of carbonyl (C=O) groups excluding carboxylic acids is 1. The number of nitrogens with one attached hydrogen (secondary N) is 1. The number of nitrogens with zero attached hydrogens (tertiary/aromatic N) is 3. The van der Waals surface area contributed by atoms with Crippen LogP contribution in [-0.4, -0.2) is 34.4 Å². The van der Waals surface area contributed by atoms with Crippen LogP contribution in [0.2, 0.25) is 0 Å². The van der Waals surface area contributed by atoms with Gasteiger partial charge in [0.05, 0.1) is 4.92 Å². The second-order valence-electron chi connectivity index (χ2n) is 5.31. The van der Waals surface area contributed by atoms with Crippen molar-refractivity contribution in [3.8, 4) is 0 Å². The summed E-state index contributed by atoms with van der Waals surface area (Å²) in [6, 6.07) is 9.21. The van der Waals surface area contributed by atoms with Gasteiger partial charge in [-0.3, -0.25) is 14.9 Å². The molecule has 1 N–H and O–H groups in total. The minimum atomic E-state index is -0.547. The van der Waals surface area contributed by atoms with Crippen LogP contribution < -0.4 is 5.32 Å². The first-order chi connectivity index (χ1) is 13.0. The fourth-order valence-electron chi connectivity index (χ4n) is 2.31. The predicted octanol–water partition coefficient (Wildman–Crippen LogP) is 4.02. The standard InChI is InChI=1S/C16H13BrN4O5S/c1-9(22)25-7-6-18-12-8-13(27-11-4-2-10(17)3-5-11)14-15(20-26-19-14)16(12)21(23)24/h2-5,8,18H,6-7H2,1H3. The van der Waals surface area contributed by atoms with Crippen molar-refractivity contribution in [1.82, 2.24) is 10.3 Å². The fourth-order valence-corrected chi connectivity index (χ4v) is 3.51. The zero-order chi connectivity index (χ0) is 19.4. The Morgan fingerprint density at radius 1 is 1.33 bits per heavy atom. The Balaban J connectivity index is 1.96. The van der Waals surface area contributed by atoms with Gasteiger partial charge in [0.15, 0.2) is 5.52 Å². The smallest absolute Gasteiger partial charge is 0.323 e. The number of benzene rings is 2. The van der Waals surface area contributed by atoms with Crippen molar-refractivity contribution >= 4 is 56.1 Å². The van der Waals surface area contributed by atoms with E-state index in [0.717, 1.165) is 9.37 Å². The van der Waals surface area contributed by atoms with Crippen molar-refractivity contribution in [3.05, 3.63) is 44.9 Å². The summed E-state index contributed by atoms with van der Waals surface area (Å²) in [6.45, 7) is 1.58. The van der Waals surface area contributed by atoms with Gasteiger partial charge in [-0.25, -0.2) is 4.63 Å². The number of aromatic nitrogens is 2. The SMILES string of the molecule is CC(=O)OCCNc1cc(Sc2ccc(Br)cc2)c2nonc2c1[N+](=O)[O-]. The highest BCUT2D eigenvalue weighted by atomic mass is 79.9. The van der Waals surface area contributed by atoms with Crippen LogP contribution in [0.5, 0.6) is 0 Å². The number of carbonyl (C=O) groups is 1. The Bertz CT molecular complexity index is 992. The molecule has 0 aliphatic rings. The molecule has 0 bridgehead atoms. The van der Waals surface area contributed by atoms with Gasteiger partial charge in [-0.2, -0.15) is 0 Å². The maximum absolute atomic E-state index is 11.5. The average molecular weight is 453 g/mol. The summed E-state index contributed by atoms with van der Waals surface area (Å²) >= 11 is 4.76. The van der Waals surface area contributed by atoms with E-state index >= 15 is 0 Å². The second-order valence-corrected chi connectivity index (χ2v) is 7.34. The number of nitro benzene ring substituents is 1. The van der Waals surface area contributed by atoms with Crippen LogP contribution >= 0.6 is 27.7 Å². The van der Waals surface area contributed by atoms with E-state index in [-0.39, 0.29) is 30.0 Å². The lowest BCUT2D eigenvalue weighted by atomic mass is 10.2. The number of hydrogen-bond donors (Lipinski definition) is 1. The predicted molar refractivity (Wildman–Crippen MR) is 102 cm³/mol. The molecule has 3 aromatic rings. The van der Waals surface area contributed by atoms with Crippen molar-refractivity contribution in [2.45, 2.75) is 16.7 Å². The van der Waals surface area contributed by atoms with Crippen molar-refractivity contribution < 1.29 is 19.1 Å². The van der Waals surface area contributed by atoms with E-state index in [1.807, 2.05) is 24.3 Å². The molecular formula is C16H13BrN4O5S. The molecule has 0 saturated heterocycles. The van der Waals surface area contributed by atoms with Gasteiger partial charge in [0.1, 0.15) is 12.3 Å². The van der Waals surface area contributed by atoms with Crippen molar-refractivity contribution in [1.29, 1.82) is 0 Å². The van der Waals surface area contributed by atoms with Crippen LogP contribution in [0.15, 0.2) is 49.2 Å². The maximum Gasteiger partial charge on any atom is 0.323 e. The van der Waals surface area contributed by atoms with E-state index in [1.54, 1.807) is 6.07 Å². The fraction of sp³-hybridized carbons (Fsp3) is 0.188. The zero-order valence-corrected chi connectivity index (χ0v) is 16.4. The average Bonchev–Trinajstić information content (AvgIpc) is 3.09. The third-order valence-corrected chi connectivity index (χ3v) is 4.99. The number of ether oxygens (including phenoxy) is 1. The van der Waals surface area contributed by atoms with Gasteiger partial charge in [0, 0.05) is 27.7 Å². The van der Waals surface area contributed by atoms with Crippen molar-refractivity contribution in [2.75, 3.05) is 18.5 Å². The van der Waals surface area contributed by atoms with Crippen LogP contribution in [0.4, 0.5) is 11.4 Å². The van der Waals surface area contributed by atoms with E-state index in [0.29, 0.717) is 10.4 Å². The number of anilines is 1. The molecule has 11 heteroatoms. The molecule has 0 unspecified atom stereocenters. The summed E-state index contributed by atoms with van der Waals surface area (Å²) in [5, 5.41) is 22.0.